The first-order valence-corrected chi connectivity index (χ1v) is 8.12. The molecule has 0 unspecified atom stereocenters. The minimum Gasteiger partial charge on any atom is -0.344 e. The van der Waals surface area contributed by atoms with Crippen LogP contribution in [-0.2, 0) is 0 Å². The van der Waals surface area contributed by atoms with E-state index in [4.69, 9.17) is 11.6 Å². The van der Waals surface area contributed by atoms with Crippen molar-refractivity contribution in [3.05, 3.63) is 45.4 Å². The third-order valence-electron chi connectivity index (χ3n) is 3.31. The molecule has 5 nitrogen and oxygen atoms in total. The largest absolute Gasteiger partial charge is 0.344 e. The van der Waals surface area contributed by atoms with Crippen molar-refractivity contribution in [2.45, 2.75) is 19.4 Å². The number of aryl methyl sites for hydroxylation is 1. The summed E-state index contributed by atoms with van der Waals surface area (Å²) >= 11 is 7.17. The number of hydrogen-bond donors (Lipinski definition) is 1. The van der Waals surface area contributed by atoms with E-state index in [9.17, 15) is 4.79 Å². The summed E-state index contributed by atoms with van der Waals surface area (Å²) in [5, 5.41) is 7.63. The first-order chi connectivity index (χ1) is 10.5. The Kier molecular flexibility index (Phi) is 5.88. The molecule has 0 saturated heterocycles. The zero-order valence-corrected chi connectivity index (χ0v) is 14.4. The third-order valence-corrected chi connectivity index (χ3v) is 4.19. The van der Waals surface area contributed by atoms with Crippen molar-refractivity contribution in [3.8, 4) is 0 Å². The number of nitrogens with zero attached hydrogens (tertiary/aromatic N) is 3. The summed E-state index contributed by atoms with van der Waals surface area (Å²) in [5.74, 6) is -0.190. The monoisotopic (exact) mass is 338 g/mol. The summed E-state index contributed by atoms with van der Waals surface area (Å²) < 4.78 is 3.81. The highest BCUT2D eigenvalue weighted by Gasteiger charge is 2.19. The van der Waals surface area contributed by atoms with Gasteiger partial charge in [-0.15, -0.1) is 5.10 Å². The van der Waals surface area contributed by atoms with Gasteiger partial charge in [0, 0.05) is 5.02 Å². The van der Waals surface area contributed by atoms with E-state index in [-0.39, 0.29) is 11.9 Å². The fourth-order valence-electron chi connectivity index (χ4n) is 2.07. The Labute approximate surface area is 139 Å². The van der Waals surface area contributed by atoms with E-state index in [1.165, 1.54) is 11.5 Å². The lowest BCUT2D eigenvalue weighted by Gasteiger charge is -2.21. The third kappa shape index (κ3) is 4.50. The van der Waals surface area contributed by atoms with Crippen LogP contribution in [0.15, 0.2) is 24.3 Å². The molecule has 0 fully saturated rings. The summed E-state index contributed by atoms with van der Waals surface area (Å²) in [7, 11) is 4.02. The van der Waals surface area contributed by atoms with Crippen molar-refractivity contribution < 1.29 is 4.79 Å². The maximum Gasteiger partial charge on any atom is 0.273 e. The second-order valence-electron chi connectivity index (χ2n) is 5.35. The molecule has 0 saturated carbocycles. The Bertz CT molecular complexity index is 627. The SMILES string of the molecule is Cc1snnc1C(=O)N[C@H](CCN(C)C)c1ccc(Cl)cc1. The topological polar surface area (TPSA) is 58.1 Å². The Balaban J connectivity index is 2.15. The standard InChI is InChI=1S/C15H19ClN4OS/c1-10-14(18-19-22-10)15(21)17-13(8-9-20(2)3)11-4-6-12(16)7-5-11/h4-7,13H,8-9H2,1-3H3,(H,17,21)/t13-/m1/s1. The molecule has 7 heteroatoms. The van der Waals surface area contributed by atoms with Gasteiger partial charge < -0.3 is 10.2 Å². The summed E-state index contributed by atoms with van der Waals surface area (Å²) in [6.45, 7) is 2.71. The van der Waals surface area contributed by atoms with Gasteiger partial charge in [0.25, 0.3) is 5.91 Å². The Morgan fingerprint density at radius 1 is 1.36 bits per heavy atom. The first-order valence-electron chi connectivity index (χ1n) is 6.97. The lowest BCUT2D eigenvalue weighted by Crippen LogP contribution is -2.31. The maximum absolute atomic E-state index is 12.4. The number of carbonyl (C=O) groups excluding carboxylic acids is 1. The molecule has 0 spiro atoms. The number of hydrogen-bond acceptors (Lipinski definition) is 5. The van der Waals surface area contributed by atoms with Crippen molar-refractivity contribution in [2.24, 2.45) is 0 Å². The molecule has 1 atom stereocenters. The molecule has 2 rings (SSSR count). The average Bonchev–Trinajstić information content (AvgIpc) is 2.90. The first kappa shape index (κ1) is 16.9. The van der Waals surface area contributed by atoms with Gasteiger partial charge in [0.15, 0.2) is 5.69 Å². The van der Waals surface area contributed by atoms with E-state index in [1.807, 2.05) is 45.3 Å². The lowest BCUT2D eigenvalue weighted by molar-refractivity contribution is 0.0927. The van der Waals surface area contributed by atoms with Crippen LogP contribution in [0.1, 0.15) is 33.4 Å². The fourth-order valence-corrected chi connectivity index (χ4v) is 2.66. The van der Waals surface area contributed by atoms with Crippen LogP contribution in [0.25, 0.3) is 0 Å². The van der Waals surface area contributed by atoms with Gasteiger partial charge >= 0.3 is 0 Å². The van der Waals surface area contributed by atoms with Gasteiger partial charge in [-0.2, -0.15) is 0 Å². The molecule has 0 aliphatic carbocycles. The quantitative estimate of drug-likeness (QED) is 0.879. The predicted octanol–water partition coefficient (Wildman–Crippen LogP) is 2.92. The average molecular weight is 339 g/mol. The van der Waals surface area contributed by atoms with Crippen LogP contribution in [0.2, 0.25) is 5.02 Å². The second kappa shape index (κ2) is 7.67. The normalized spacial score (nSPS) is 12.4. The molecule has 1 aromatic carbocycles. The number of aromatic nitrogens is 2. The highest BCUT2D eigenvalue weighted by molar-refractivity contribution is 7.05. The van der Waals surface area contributed by atoms with Gasteiger partial charge in [-0.3, -0.25) is 4.79 Å². The van der Waals surface area contributed by atoms with E-state index in [1.54, 1.807) is 0 Å². The zero-order valence-electron chi connectivity index (χ0n) is 12.8. The van der Waals surface area contributed by atoms with Gasteiger partial charge in [-0.05, 0) is 63.2 Å². The molecule has 0 bridgehead atoms. The maximum atomic E-state index is 12.4. The Morgan fingerprint density at radius 2 is 2.05 bits per heavy atom. The molecule has 118 valence electrons. The fraction of sp³-hybridized carbons (Fsp3) is 0.400. The Hall–Kier alpha value is -1.50. The van der Waals surface area contributed by atoms with Crippen molar-refractivity contribution in [1.29, 1.82) is 0 Å². The predicted molar refractivity (Wildman–Crippen MR) is 89.5 cm³/mol. The van der Waals surface area contributed by atoms with E-state index >= 15 is 0 Å². The summed E-state index contributed by atoms with van der Waals surface area (Å²) in [6.07, 6.45) is 0.803. The molecule has 1 aromatic heterocycles. The molecule has 0 aliphatic rings. The molecule has 1 N–H and O–H groups in total. The van der Waals surface area contributed by atoms with E-state index in [0.717, 1.165) is 23.4 Å². The molecular weight excluding hydrogens is 320 g/mol. The zero-order chi connectivity index (χ0) is 16.1. The van der Waals surface area contributed by atoms with Crippen LogP contribution in [0.5, 0.6) is 0 Å². The number of nitrogens with one attached hydrogen (secondary N) is 1. The van der Waals surface area contributed by atoms with Gasteiger partial charge in [0.05, 0.1) is 10.9 Å². The highest BCUT2D eigenvalue weighted by atomic mass is 35.5. The molecule has 1 heterocycles. The highest BCUT2D eigenvalue weighted by Crippen LogP contribution is 2.21. The van der Waals surface area contributed by atoms with Gasteiger partial charge in [0.2, 0.25) is 0 Å². The second-order valence-corrected chi connectivity index (χ2v) is 6.74. The summed E-state index contributed by atoms with van der Waals surface area (Å²) in [5.41, 5.74) is 1.43. The molecule has 0 aliphatic heterocycles. The minimum absolute atomic E-state index is 0.0896. The molecule has 22 heavy (non-hydrogen) atoms. The smallest absolute Gasteiger partial charge is 0.273 e. The van der Waals surface area contributed by atoms with E-state index < -0.39 is 0 Å². The summed E-state index contributed by atoms with van der Waals surface area (Å²) in [6, 6.07) is 7.46. The number of carbonyl (C=O) groups is 1. The number of halogens is 1. The van der Waals surface area contributed by atoms with E-state index in [2.05, 4.69) is 19.8 Å². The van der Waals surface area contributed by atoms with Crippen LogP contribution in [0.3, 0.4) is 0 Å². The van der Waals surface area contributed by atoms with Gasteiger partial charge in [-0.25, -0.2) is 0 Å². The van der Waals surface area contributed by atoms with Crippen molar-refractivity contribution in [3.63, 3.8) is 0 Å². The van der Waals surface area contributed by atoms with Crippen LogP contribution < -0.4 is 5.32 Å². The number of benzene rings is 1. The molecule has 2 aromatic rings. The van der Waals surface area contributed by atoms with Crippen molar-refractivity contribution >= 4 is 29.0 Å². The summed E-state index contributed by atoms with van der Waals surface area (Å²) in [4.78, 5) is 15.3. The molecule has 1 amide bonds. The van der Waals surface area contributed by atoms with Crippen molar-refractivity contribution in [1.82, 2.24) is 19.8 Å². The van der Waals surface area contributed by atoms with Crippen LogP contribution in [0.4, 0.5) is 0 Å². The minimum atomic E-state index is -0.190. The van der Waals surface area contributed by atoms with Crippen LogP contribution >= 0.6 is 23.1 Å². The Morgan fingerprint density at radius 3 is 2.59 bits per heavy atom. The number of rotatable bonds is 6. The molecular formula is C15H19ClN4OS. The lowest BCUT2D eigenvalue weighted by atomic mass is 10.0. The van der Waals surface area contributed by atoms with Gasteiger partial charge in [-0.1, -0.05) is 28.2 Å². The number of amides is 1. The van der Waals surface area contributed by atoms with Crippen molar-refractivity contribution in [2.75, 3.05) is 20.6 Å². The van der Waals surface area contributed by atoms with Crippen LogP contribution in [0, 0.1) is 6.92 Å². The van der Waals surface area contributed by atoms with Crippen LogP contribution in [-0.4, -0.2) is 41.0 Å². The van der Waals surface area contributed by atoms with E-state index in [0.29, 0.717) is 10.7 Å². The molecule has 0 radical (unpaired) electrons. The van der Waals surface area contributed by atoms with Gasteiger partial charge in [0.1, 0.15) is 0 Å².